The zero-order valence-corrected chi connectivity index (χ0v) is 10.2. The fourth-order valence-electron chi connectivity index (χ4n) is 1.86. The topological polar surface area (TPSA) is 108 Å². The number of sulfonamides is 1. The molecule has 1 rings (SSSR count). The van der Waals surface area contributed by atoms with Crippen molar-refractivity contribution in [2.24, 2.45) is 5.92 Å². The molecular formula is C9H14N2O5S. The maximum Gasteiger partial charge on any atom is 0.310 e. The zero-order valence-electron chi connectivity index (χ0n) is 9.37. The van der Waals surface area contributed by atoms with E-state index in [1.807, 2.05) is 0 Å². The largest absolute Gasteiger partial charge is 0.481 e. The van der Waals surface area contributed by atoms with E-state index in [0.29, 0.717) is 0 Å². The van der Waals surface area contributed by atoms with Crippen molar-refractivity contribution in [2.45, 2.75) is 13.0 Å². The highest BCUT2D eigenvalue weighted by molar-refractivity contribution is 7.89. The molecule has 1 fully saturated rings. The molecule has 0 spiro atoms. The van der Waals surface area contributed by atoms with E-state index in [1.165, 1.54) is 0 Å². The molecule has 0 amide bonds. The Balaban J connectivity index is 2.95. The summed E-state index contributed by atoms with van der Waals surface area (Å²) in [6.07, 6.45) is 0. The first-order valence-electron chi connectivity index (χ1n) is 5.11. The lowest BCUT2D eigenvalue weighted by Crippen LogP contribution is -2.47. The average molecular weight is 262 g/mol. The summed E-state index contributed by atoms with van der Waals surface area (Å²) in [6, 6.07) is 0.846. The number of ether oxygens (including phenoxy) is 1. The molecule has 0 radical (unpaired) electrons. The van der Waals surface area contributed by atoms with Crippen LogP contribution in [0.15, 0.2) is 0 Å². The van der Waals surface area contributed by atoms with Gasteiger partial charge in [-0.25, -0.2) is 8.42 Å². The summed E-state index contributed by atoms with van der Waals surface area (Å²) in [4.78, 5) is 11.0. The highest BCUT2D eigenvalue weighted by atomic mass is 32.2. The van der Waals surface area contributed by atoms with E-state index < -0.39 is 33.7 Å². The Morgan fingerprint density at radius 2 is 2.24 bits per heavy atom. The number of hydrogen-bond donors (Lipinski definition) is 1. The highest BCUT2D eigenvalue weighted by Gasteiger charge is 2.41. The van der Waals surface area contributed by atoms with E-state index >= 15 is 0 Å². The van der Waals surface area contributed by atoms with Crippen LogP contribution in [-0.2, 0) is 19.6 Å². The molecule has 7 nitrogen and oxygen atoms in total. The molecule has 1 aliphatic rings. The molecular weight excluding hydrogens is 248 g/mol. The number of nitrogens with zero attached hydrogens (tertiary/aromatic N) is 2. The summed E-state index contributed by atoms with van der Waals surface area (Å²) >= 11 is 0. The number of aliphatic carboxylic acids is 1. The predicted octanol–water partition coefficient (Wildman–Crippen LogP) is -0.739. The van der Waals surface area contributed by atoms with E-state index in [2.05, 4.69) is 0 Å². The molecule has 0 saturated carbocycles. The van der Waals surface area contributed by atoms with Crippen LogP contribution in [0, 0.1) is 17.2 Å². The summed E-state index contributed by atoms with van der Waals surface area (Å²) in [5.74, 6) is -2.61. The smallest absolute Gasteiger partial charge is 0.310 e. The third-order valence-electron chi connectivity index (χ3n) is 2.65. The van der Waals surface area contributed by atoms with Crippen molar-refractivity contribution in [1.29, 1.82) is 5.26 Å². The van der Waals surface area contributed by atoms with Gasteiger partial charge in [0, 0.05) is 6.54 Å². The van der Waals surface area contributed by atoms with Crippen LogP contribution in [0.3, 0.4) is 0 Å². The van der Waals surface area contributed by atoms with Crippen molar-refractivity contribution in [3.8, 4) is 6.07 Å². The predicted molar refractivity (Wildman–Crippen MR) is 57.5 cm³/mol. The number of hydrogen-bond acceptors (Lipinski definition) is 5. The third-order valence-corrected chi connectivity index (χ3v) is 4.39. The van der Waals surface area contributed by atoms with Crippen molar-refractivity contribution in [3.05, 3.63) is 0 Å². The Morgan fingerprint density at radius 1 is 1.59 bits per heavy atom. The Morgan fingerprint density at radius 3 is 2.71 bits per heavy atom. The van der Waals surface area contributed by atoms with Gasteiger partial charge in [-0.1, -0.05) is 6.92 Å². The van der Waals surface area contributed by atoms with Crippen molar-refractivity contribution in [3.63, 3.8) is 0 Å². The first-order valence-corrected chi connectivity index (χ1v) is 6.72. The molecule has 0 aromatic carbocycles. The maximum atomic E-state index is 11.8. The van der Waals surface area contributed by atoms with Gasteiger partial charge >= 0.3 is 5.97 Å². The molecule has 0 aromatic heterocycles. The van der Waals surface area contributed by atoms with Crippen LogP contribution in [0.4, 0.5) is 0 Å². The van der Waals surface area contributed by atoms with Crippen LogP contribution < -0.4 is 0 Å². The summed E-state index contributed by atoms with van der Waals surface area (Å²) in [6.45, 7) is 1.78. The van der Waals surface area contributed by atoms with Gasteiger partial charge in [-0.3, -0.25) is 4.79 Å². The lowest BCUT2D eigenvalue weighted by Gasteiger charge is -2.27. The minimum atomic E-state index is -3.74. The molecule has 8 heteroatoms. The summed E-state index contributed by atoms with van der Waals surface area (Å²) in [7, 11) is -3.74. The summed E-state index contributed by atoms with van der Waals surface area (Å²) in [5, 5.41) is 17.4. The van der Waals surface area contributed by atoms with Gasteiger partial charge in [0.25, 0.3) is 0 Å². The SMILES string of the molecule is CCN(C1COCC1C(=O)O)S(=O)(=O)CC#N. The Bertz CT molecular complexity index is 427. The van der Waals surface area contributed by atoms with Crippen LogP contribution in [0.25, 0.3) is 0 Å². The molecule has 2 unspecified atom stereocenters. The molecule has 17 heavy (non-hydrogen) atoms. The second-order valence-corrected chi connectivity index (χ2v) is 5.59. The van der Waals surface area contributed by atoms with E-state index in [0.717, 1.165) is 4.31 Å². The maximum absolute atomic E-state index is 11.8. The van der Waals surface area contributed by atoms with Crippen molar-refractivity contribution < 1.29 is 23.1 Å². The quantitative estimate of drug-likeness (QED) is 0.699. The molecule has 96 valence electrons. The molecule has 1 N–H and O–H groups in total. The fraction of sp³-hybridized carbons (Fsp3) is 0.778. The second kappa shape index (κ2) is 5.44. The number of nitriles is 1. The molecule has 1 heterocycles. The molecule has 2 atom stereocenters. The van der Waals surface area contributed by atoms with Gasteiger partial charge in [0.15, 0.2) is 5.75 Å². The van der Waals surface area contributed by atoms with Gasteiger partial charge < -0.3 is 9.84 Å². The highest BCUT2D eigenvalue weighted by Crippen LogP contribution is 2.22. The zero-order chi connectivity index (χ0) is 13.1. The summed E-state index contributed by atoms with van der Waals surface area (Å²) < 4.78 is 29.6. The van der Waals surface area contributed by atoms with Gasteiger partial charge in [0.05, 0.1) is 31.2 Å². The van der Waals surface area contributed by atoms with Crippen LogP contribution in [0.1, 0.15) is 6.92 Å². The standard InChI is InChI=1S/C9H14N2O5S/c1-2-11(17(14,15)4-3-10)8-6-16-5-7(8)9(12)13/h7-8H,2,4-6H2,1H3,(H,12,13). The Kier molecular flexibility index (Phi) is 4.45. The lowest BCUT2D eigenvalue weighted by molar-refractivity contribution is -0.142. The van der Waals surface area contributed by atoms with Crippen molar-refractivity contribution in [1.82, 2.24) is 4.31 Å². The van der Waals surface area contributed by atoms with Gasteiger partial charge in [-0.05, 0) is 0 Å². The molecule has 0 bridgehead atoms. The first kappa shape index (κ1) is 13.9. The Hall–Kier alpha value is -1.17. The van der Waals surface area contributed by atoms with Crippen LogP contribution >= 0.6 is 0 Å². The number of carbonyl (C=O) groups is 1. The average Bonchev–Trinajstić information content (AvgIpc) is 2.66. The van der Waals surface area contributed by atoms with Crippen LogP contribution in [0.2, 0.25) is 0 Å². The Labute approximate surface area is 99.6 Å². The summed E-state index contributed by atoms with van der Waals surface area (Å²) in [5.41, 5.74) is 0. The van der Waals surface area contributed by atoms with Crippen LogP contribution in [0.5, 0.6) is 0 Å². The van der Waals surface area contributed by atoms with E-state index in [9.17, 15) is 13.2 Å². The monoisotopic (exact) mass is 262 g/mol. The molecule has 1 aliphatic heterocycles. The second-order valence-electron chi connectivity index (χ2n) is 3.67. The number of likely N-dealkylation sites (N-methyl/N-ethyl adjacent to an activating group) is 1. The van der Waals surface area contributed by atoms with Gasteiger partial charge in [-0.15, -0.1) is 0 Å². The fourth-order valence-corrected chi connectivity index (χ4v) is 3.21. The van der Waals surface area contributed by atoms with E-state index in [1.54, 1.807) is 13.0 Å². The number of rotatable bonds is 5. The van der Waals surface area contributed by atoms with Crippen molar-refractivity contribution >= 4 is 16.0 Å². The van der Waals surface area contributed by atoms with Gasteiger partial charge in [0.1, 0.15) is 0 Å². The van der Waals surface area contributed by atoms with Crippen molar-refractivity contribution in [2.75, 3.05) is 25.5 Å². The first-order chi connectivity index (χ1) is 7.94. The molecule has 0 aliphatic carbocycles. The number of carboxylic acid groups (broad SMARTS) is 1. The minimum absolute atomic E-state index is 0.00142. The van der Waals surface area contributed by atoms with Gasteiger partial charge in [0.2, 0.25) is 10.0 Å². The van der Waals surface area contributed by atoms with Gasteiger partial charge in [-0.2, -0.15) is 9.57 Å². The van der Waals surface area contributed by atoms with E-state index in [-0.39, 0.29) is 19.8 Å². The van der Waals surface area contributed by atoms with Crippen LogP contribution in [-0.4, -0.2) is 55.4 Å². The molecule has 1 saturated heterocycles. The lowest BCUT2D eigenvalue weighted by atomic mass is 10.0. The normalized spacial score (nSPS) is 24.8. The molecule has 0 aromatic rings. The number of carboxylic acids is 1. The van der Waals surface area contributed by atoms with E-state index in [4.69, 9.17) is 15.1 Å². The third kappa shape index (κ3) is 2.94. The minimum Gasteiger partial charge on any atom is -0.481 e.